The molecule has 0 aromatic carbocycles. The summed E-state index contributed by atoms with van der Waals surface area (Å²) in [6, 6.07) is 1.42. The van der Waals surface area contributed by atoms with Gasteiger partial charge in [0.25, 0.3) is 5.89 Å². The lowest BCUT2D eigenvalue weighted by Crippen LogP contribution is -2.09. The minimum Gasteiger partial charge on any atom is -0.462 e. The number of ether oxygens (including phenoxy) is 1. The van der Waals surface area contributed by atoms with E-state index >= 15 is 0 Å². The van der Waals surface area contributed by atoms with E-state index in [1.807, 2.05) is 0 Å². The monoisotopic (exact) mass is 361 g/mol. The highest BCUT2D eigenvalue weighted by molar-refractivity contribution is 9.08. The Morgan fingerprint density at radius 3 is 2.81 bits per heavy atom. The van der Waals surface area contributed by atoms with Crippen molar-refractivity contribution in [2.75, 3.05) is 6.61 Å². The normalized spacial score (nSPS) is 10.9. The number of hydrogen-bond acceptors (Lipinski definition) is 6. The summed E-state index contributed by atoms with van der Waals surface area (Å²) in [6.45, 7) is 1.89. The fourth-order valence-corrected chi connectivity index (χ4v) is 1.99. The molecule has 0 saturated carbocycles. The third-order valence-corrected chi connectivity index (χ3v) is 3.00. The smallest absolute Gasteiger partial charge is 0.340 e. The lowest BCUT2D eigenvalue weighted by atomic mass is 10.1. The number of hydrogen-bond donors (Lipinski definition) is 0. The molecule has 0 aliphatic carbocycles. The predicted molar refractivity (Wildman–Crippen MR) is 71.1 cm³/mol. The molecule has 112 valence electrons. The quantitative estimate of drug-likeness (QED) is 0.601. The van der Waals surface area contributed by atoms with Gasteiger partial charge in [-0.25, -0.2) is 4.79 Å². The van der Waals surface area contributed by atoms with E-state index in [9.17, 15) is 13.6 Å². The minimum absolute atomic E-state index is 0.135. The fourth-order valence-electron chi connectivity index (χ4n) is 1.54. The zero-order chi connectivity index (χ0) is 15.4. The Balaban J connectivity index is 2.40. The molecule has 2 aromatic heterocycles. The van der Waals surface area contributed by atoms with Crippen LogP contribution in [0.3, 0.4) is 0 Å². The van der Waals surface area contributed by atoms with Gasteiger partial charge in [0, 0.05) is 11.5 Å². The molecule has 0 amide bonds. The zero-order valence-corrected chi connectivity index (χ0v) is 12.4. The van der Waals surface area contributed by atoms with Crippen LogP contribution in [0.1, 0.15) is 35.3 Å². The number of alkyl halides is 3. The Bertz CT molecular complexity index is 648. The molecule has 21 heavy (non-hydrogen) atoms. The topological polar surface area (TPSA) is 78.1 Å². The molecular formula is C12H10BrF2N3O3. The van der Waals surface area contributed by atoms with Gasteiger partial charge >= 0.3 is 12.4 Å². The van der Waals surface area contributed by atoms with Gasteiger partial charge < -0.3 is 9.15 Å². The number of halogens is 3. The van der Waals surface area contributed by atoms with Gasteiger partial charge in [-0.2, -0.15) is 8.78 Å². The van der Waals surface area contributed by atoms with E-state index in [0.717, 1.165) is 0 Å². The van der Waals surface area contributed by atoms with E-state index in [1.165, 1.54) is 12.3 Å². The molecule has 0 N–H and O–H groups in total. The fraction of sp³-hybridized carbons (Fsp3) is 0.333. The Hall–Kier alpha value is -1.90. The van der Waals surface area contributed by atoms with E-state index in [0.29, 0.717) is 11.0 Å². The number of nitrogens with zero attached hydrogens (tertiary/aromatic N) is 3. The summed E-state index contributed by atoms with van der Waals surface area (Å²) in [5.41, 5.74) is 0.941. The average molecular weight is 362 g/mol. The molecule has 2 heterocycles. The standard InChI is InChI=1S/C12H10BrF2N3O3/c1-2-20-12(19)7-3-6(5-16-8(7)4-13)10-17-18-11(21-10)9(14)15/h3,5,9H,2,4H2,1H3. The van der Waals surface area contributed by atoms with Gasteiger partial charge in [-0.1, -0.05) is 15.9 Å². The molecule has 2 aromatic rings. The number of esters is 1. The average Bonchev–Trinajstić information content (AvgIpc) is 2.97. The van der Waals surface area contributed by atoms with E-state index < -0.39 is 18.3 Å². The predicted octanol–water partition coefficient (Wildman–Crippen LogP) is 3.14. The zero-order valence-electron chi connectivity index (χ0n) is 10.8. The highest BCUT2D eigenvalue weighted by Gasteiger charge is 2.20. The first kappa shape index (κ1) is 15.5. The molecule has 0 radical (unpaired) electrons. The Labute approximate surface area is 126 Å². The van der Waals surface area contributed by atoms with Crippen LogP contribution >= 0.6 is 15.9 Å². The molecule has 0 saturated heterocycles. The second-order valence-corrected chi connectivity index (χ2v) is 4.38. The maximum atomic E-state index is 12.4. The molecular weight excluding hydrogens is 352 g/mol. The molecule has 0 aliphatic rings. The van der Waals surface area contributed by atoms with Gasteiger partial charge in [0.15, 0.2) is 0 Å². The van der Waals surface area contributed by atoms with Crippen molar-refractivity contribution in [3.8, 4) is 11.5 Å². The summed E-state index contributed by atoms with van der Waals surface area (Å²) in [7, 11) is 0. The van der Waals surface area contributed by atoms with Crippen molar-refractivity contribution < 1.29 is 22.7 Å². The maximum absolute atomic E-state index is 12.4. The summed E-state index contributed by atoms with van der Waals surface area (Å²) in [5, 5.41) is 7.08. The van der Waals surface area contributed by atoms with E-state index in [4.69, 9.17) is 9.15 Å². The number of rotatable bonds is 5. The Kier molecular flexibility index (Phi) is 4.94. The largest absolute Gasteiger partial charge is 0.462 e. The first-order valence-corrected chi connectivity index (χ1v) is 7.02. The van der Waals surface area contributed by atoms with Crippen molar-refractivity contribution in [3.05, 3.63) is 29.4 Å². The van der Waals surface area contributed by atoms with Crippen LogP contribution in [0.25, 0.3) is 11.5 Å². The first-order valence-electron chi connectivity index (χ1n) is 5.90. The van der Waals surface area contributed by atoms with Crippen molar-refractivity contribution in [1.29, 1.82) is 0 Å². The number of pyridine rings is 1. The van der Waals surface area contributed by atoms with Crippen molar-refractivity contribution in [2.45, 2.75) is 18.7 Å². The molecule has 6 nitrogen and oxygen atoms in total. The van der Waals surface area contributed by atoms with Crippen LogP contribution in [0.15, 0.2) is 16.7 Å². The van der Waals surface area contributed by atoms with Crippen molar-refractivity contribution in [2.24, 2.45) is 0 Å². The van der Waals surface area contributed by atoms with Gasteiger partial charge in [0.05, 0.1) is 23.4 Å². The maximum Gasteiger partial charge on any atom is 0.340 e. The lowest BCUT2D eigenvalue weighted by Gasteiger charge is -2.06. The van der Waals surface area contributed by atoms with Crippen LogP contribution in [-0.2, 0) is 10.1 Å². The van der Waals surface area contributed by atoms with Crippen LogP contribution in [0.2, 0.25) is 0 Å². The van der Waals surface area contributed by atoms with Crippen LogP contribution < -0.4 is 0 Å². The molecule has 0 unspecified atom stereocenters. The summed E-state index contributed by atoms with van der Waals surface area (Å²) >= 11 is 3.21. The Morgan fingerprint density at radius 1 is 1.48 bits per heavy atom. The van der Waals surface area contributed by atoms with Crippen molar-refractivity contribution in [3.63, 3.8) is 0 Å². The number of carbonyl (C=O) groups excluding carboxylic acids is 1. The second kappa shape index (κ2) is 6.70. The number of carbonyl (C=O) groups is 1. The summed E-state index contributed by atoms with van der Waals surface area (Å²) in [4.78, 5) is 15.9. The lowest BCUT2D eigenvalue weighted by molar-refractivity contribution is 0.0525. The van der Waals surface area contributed by atoms with Gasteiger partial charge in [-0.3, -0.25) is 4.98 Å². The van der Waals surface area contributed by atoms with Crippen molar-refractivity contribution >= 4 is 21.9 Å². The molecule has 0 spiro atoms. The third kappa shape index (κ3) is 3.41. The number of aromatic nitrogens is 3. The molecule has 0 fully saturated rings. The van der Waals surface area contributed by atoms with Crippen LogP contribution in [0.4, 0.5) is 8.78 Å². The van der Waals surface area contributed by atoms with Gasteiger partial charge in [0.2, 0.25) is 5.89 Å². The minimum atomic E-state index is -2.86. The van der Waals surface area contributed by atoms with Crippen LogP contribution in [0, 0.1) is 0 Å². The van der Waals surface area contributed by atoms with Crippen molar-refractivity contribution in [1.82, 2.24) is 15.2 Å². The first-order chi connectivity index (χ1) is 10.1. The molecule has 0 atom stereocenters. The van der Waals surface area contributed by atoms with E-state index in [1.54, 1.807) is 6.92 Å². The van der Waals surface area contributed by atoms with E-state index in [-0.39, 0.29) is 23.6 Å². The summed E-state index contributed by atoms with van der Waals surface area (Å²) < 4.78 is 34.6. The van der Waals surface area contributed by atoms with E-state index in [2.05, 4.69) is 31.1 Å². The summed E-state index contributed by atoms with van der Waals surface area (Å²) in [6.07, 6.45) is -1.49. The van der Waals surface area contributed by atoms with Gasteiger partial charge in [-0.05, 0) is 13.0 Å². The third-order valence-electron chi connectivity index (χ3n) is 2.47. The Morgan fingerprint density at radius 2 is 2.24 bits per heavy atom. The second-order valence-electron chi connectivity index (χ2n) is 3.82. The molecule has 9 heteroatoms. The van der Waals surface area contributed by atoms with Crippen LogP contribution in [-0.4, -0.2) is 27.8 Å². The summed E-state index contributed by atoms with van der Waals surface area (Å²) in [5.74, 6) is -1.48. The highest BCUT2D eigenvalue weighted by Crippen LogP contribution is 2.25. The van der Waals surface area contributed by atoms with Gasteiger partial charge in [0.1, 0.15) is 0 Å². The highest BCUT2D eigenvalue weighted by atomic mass is 79.9. The molecule has 2 rings (SSSR count). The van der Waals surface area contributed by atoms with Gasteiger partial charge in [-0.15, -0.1) is 10.2 Å². The molecule has 0 bridgehead atoms. The molecule has 0 aliphatic heterocycles. The van der Waals surface area contributed by atoms with Crippen LogP contribution in [0.5, 0.6) is 0 Å². The SMILES string of the molecule is CCOC(=O)c1cc(-c2nnc(C(F)F)o2)cnc1CBr.